The second-order valence-corrected chi connectivity index (χ2v) is 8.92. The van der Waals surface area contributed by atoms with E-state index in [9.17, 15) is 13.2 Å². The summed E-state index contributed by atoms with van der Waals surface area (Å²) < 4.78 is 39.1. The summed E-state index contributed by atoms with van der Waals surface area (Å²) in [5.41, 5.74) is 1.17. The summed E-state index contributed by atoms with van der Waals surface area (Å²) in [6.07, 6.45) is 15.4. The maximum atomic E-state index is 11.7. The molecule has 1 rings (SSSR count). The van der Waals surface area contributed by atoms with Gasteiger partial charge in [-0.05, 0) is 37.5 Å². The molecule has 0 heterocycles. The molecule has 7 heteroatoms. The zero-order valence-electron chi connectivity index (χ0n) is 18.5. The molecular weight excluding hydrogens is 404 g/mol. The van der Waals surface area contributed by atoms with Gasteiger partial charge in [-0.15, -0.1) is 0 Å². The lowest BCUT2D eigenvalue weighted by molar-refractivity contribution is -0.141. The molecule has 0 aliphatic carbocycles. The maximum absolute atomic E-state index is 11.7. The molecular formula is C23H38O6S. The zero-order valence-corrected chi connectivity index (χ0v) is 19.3. The van der Waals surface area contributed by atoms with Crippen LogP contribution < -0.4 is 4.74 Å². The summed E-state index contributed by atoms with van der Waals surface area (Å²) in [6, 6.07) is 7.15. The minimum absolute atomic E-state index is 0.309. The monoisotopic (exact) mass is 442 g/mol. The molecule has 1 atom stereocenters. The first-order valence-corrected chi connectivity index (χ1v) is 12.6. The predicted molar refractivity (Wildman–Crippen MR) is 119 cm³/mol. The van der Waals surface area contributed by atoms with Crippen LogP contribution in [0.25, 0.3) is 0 Å². The van der Waals surface area contributed by atoms with Crippen LogP contribution in [0.1, 0.15) is 96.5 Å². The summed E-state index contributed by atoms with van der Waals surface area (Å²) in [5, 5.41) is 0. The van der Waals surface area contributed by atoms with Crippen LogP contribution in [0.2, 0.25) is 0 Å². The molecule has 0 aromatic heterocycles. The van der Waals surface area contributed by atoms with Crippen LogP contribution in [0.5, 0.6) is 5.75 Å². The fourth-order valence-electron chi connectivity index (χ4n) is 3.32. The number of ether oxygens (including phenoxy) is 1. The van der Waals surface area contributed by atoms with Crippen LogP contribution in [-0.2, 0) is 25.8 Å². The van der Waals surface area contributed by atoms with Crippen molar-refractivity contribution in [3.8, 4) is 5.75 Å². The number of carbonyl (C=O) groups excluding carboxylic acids is 1. The van der Waals surface area contributed by atoms with Crippen LogP contribution in [0.3, 0.4) is 0 Å². The predicted octanol–water partition coefficient (Wildman–Crippen LogP) is 6.04. The molecule has 0 amide bonds. The van der Waals surface area contributed by atoms with Crippen LogP contribution in [0.4, 0.5) is 0 Å². The quantitative estimate of drug-likeness (QED) is 0.137. The van der Waals surface area contributed by atoms with Crippen molar-refractivity contribution in [3.63, 3.8) is 0 Å². The number of carbonyl (C=O) groups is 1. The summed E-state index contributed by atoms with van der Waals surface area (Å²) in [6.45, 7) is 3.44. The third-order valence-corrected chi connectivity index (χ3v) is 5.59. The van der Waals surface area contributed by atoms with Gasteiger partial charge < -0.3 is 4.74 Å². The summed E-state index contributed by atoms with van der Waals surface area (Å²) >= 11 is 0. The van der Waals surface area contributed by atoms with E-state index in [0.717, 1.165) is 12.8 Å². The molecule has 1 N–H and O–H groups in total. The third-order valence-electron chi connectivity index (χ3n) is 5.06. The van der Waals surface area contributed by atoms with Crippen molar-refractivity contribution in [2.45, 2.75) is 103 Å². The topological polar surface area (TPSA) is 89.9 Å². The van der Waals surface area contributed by atoms with E-state index in [1.54, 1.807) is 12.1 Å². The van der Waals surface area contributed by atoms with Gasteiger partial charge in [0, 0.05) is 0 Å². The Morgan fingerprint density at radius 1 is 0.867 bits per heavy atom. The normalized spacial score (nSPS) is 12.6. The Morgan fingerprint density at radius 3 is 1.80 bits per heavy atom. The van der Waals surface area contributed by atoms with Crippen molar-refractivity contribution < 1.29 is 26.7 Å². The smallest absolute Gasteiger partial charge is 0.398 e. The van der Waals surface area contributed by atoms with E-state index < -0.39 is 22.5 Å². The van der Waals surface area contributed by atoms with Crippen molar-refractivity contribution in [1.82, 2.24) is 0 Å². The lowest BCUT2D eigenvalue weighted by Crippen LogP contribution is -2.28. The van der Waals surface area contributed by atoms with Gasteiger partial charge in [0.1, 0.15) is 5.75 Å². The standard InChI is InChI=1S/C23H38O6S/c1-3-4-5-6-7-8-9-10-11-12-13-14-15-21-16-18-22(19-17-21)28-23(24)20(2)29-30(25,26)27/h16-20H,3-15H2,1-2H3,(H,25,26,27). The minimum Gasteiger partial charge on any atom is -0.425 e. The molecule has 172 valence electrons. The Bertz CT molecular complexity index is 684. The molecule has 0 spiro atoms. The Hall–Kier alpha value is -1.44. The second-order valence-electron chi connectivity index (χ2n) is 7.87. The summed E-state index contributed by atoms with van der Waals surface area (Å²) in [4.78, 5) is 11.7. The first-order valence-electron chi connectivity index (χ1n) is 11.3. The van der Waals surface area contributed by atoms with Crippen molar-refractivity contribution >= 4 is 16.4 Å². The van der Waals surface area contributed by atoms with Crippen molar-refractivity contribution in [2.75, 3.05) is 0 Å². The molecule has 0 bridgehead atoms. The van der Waals surface area contributed by atoms with Gasteiger partial charge in [0.05, 0.1) is 0 Å². The van der Waals surface area contributed by atoms with Gasteiger partial charge >= 0.3 is 16.4 Å². The van der Waals surface area contributed by atoms with Crippen molar-refractivity contribution in [3.05, 3.63) is 29.8 Å². The highest BCUT2D eigenvalue weighted by molar-refractivity contribution is 7.80. The molecule has 0 aliphatic rings. The number of rotatable bonds is 17. The minimum atomic E-state index is -4.69. The highest BCUT2D eigenvalue weighted by Gasteiger charge is 2.22. The molecule has 0 saturated carbocycles. The van der Waals surface area contributed by atoms with Crippen molar-refractivity contribution in [1.29, 1.82) is 0 Å². The van der Waals surface area contributed by atoms with E-state index in [-0.39, 0.29) is 0 Å². The van der Waals surface area contributed by atoms with Crippen molar-refractivity contribution in [2.24, 2.45) is 0 Å². The van der Waals surface area contributed by atoms with Gasteiger partial charge in [0.25, 0.3) is 0 Å². The average molecular weight is 443 g/mol. The fraction of sp³-hybridized carbons (Fsp3) is 0.696. The lowest BCUT2D eigenvalue weighted by Gasteiger charge is -2.10. The van der Waals surface area contributed by atoms with Gasteiger partial charge in [-0.25, -0.2) is 8.98 Å². The second kappa shape index (κ2) is 15.4. The third kappa shape index (κ3) is 13.7. The Labute approximate surface area is 182 Å². The number of esters is 1. The molecule has 0 saturated heterocycles. The molecule has 1 unspecified atom stereocenters. The van der Waals surface area contributed by atoms with E-state index in [2.05, 4.69) is 11.1 Å². The first-order chi connectivity index (χ1) is 14.3. The van der Waals surface area contributed by atoms with Gasteiger partial charge in [-0.3, -0.25) is 4.55 Å². The number of hydrogen-bond acceptors (Lipinski definition) is 5. The van der Waals surface area contributed by atoms with Gasteiger partial charge in [-0.2, -0.15) is 8.42 Å². The van der Waals surface area contributed by atoms with E-state index in [1.165, 1.54) is 83.1 Å². The van der Waals surface area contributed by atoms with E-state index in [0.29, 0.717) is 5.75 Å². The number of benzene rings is 1. The van der Waals surface area contributed by atoms with Crippen LogP contribution in [-0.4, -0.2) is 25.0 Å². The Morgan fingerprint density at radius 2 is 1.33 bits per heavy atom. The van der Waals surface area contributed by atoms with Crippen LogP contribution >= 0.6 is 0 Å². The molecule has 1 aromatic carbocycles. The van der Waals surface area contributed by atoms with E-state index in [4.69, 9.17) is 9.29 Å². The van der Waals surface area contributed by atoms with Gasteiger partial charge in [-0.1, -0.05) is 89.7 Å². The average Bonchev–Trinajstić information content (AvgIpc) is 2.68. The number of unbranched alkanes of at least 4 members (excludes halogenated alkanes) is 11. The maximum Gasteiger partial charge on any atom is 0.398 e. The van der Waals surface area contributed by atoms with Gasteiger partial charge in [0.2, 0.25) is 0 Å². The molecule has 1 aromatic rings. The summed E-state index contributed by atoms with van der Waals surface area (Å²) in [7, 11) is -4.69. The number of hydrogen-bond donors (Lipinski definition) is 1. The first kappa shape index (κ1) is 26.6. The molecule has 6 nitrogen and oxygen atoms in total. The fourth-order valence-corrected chi connectivity index (χ4v) is 3.76. The zero-order chi connectivity index (χ0) is 22.2. The Balaban J connectivity index is 2.11. The SMILES string of the molecule is CCCCCCCCCCCCCCc1ccc(OC(=O)C(C)OS(=O)(=O)O)cc1. The Kier molecular flexibility index (Phi) is 13.6. The number of aryl methyl sites for hydroxylation is 1. The highest BCUT2D eigenvalue weighted by Crippen LogP contribution is 2.17. The summed E-state index contributed by atoms with van der Waals surface area (Å²) in [5.74, 6) is -0.578. The van der Waals surface area contributed by atoms with Gasteiger partial charge in [0.15, 0.2) is 6.10 Å². The van der Waals surface area contributed by atoms with Crippen LogP contribution in [0.15, 0.2) is 24.3 Å². The van der Waals surface area contributed by atoms with Crippen LogP contribution in [0, 0.1) is 0 Å². The lowest BCUT2D eigenvalue weighted by atomic mass is 10.0. The molecule has 30 heavy (non-hydrogen) atoms. The molecule has 0 aliphatic heterocycles. The largest absolute Gasteiger partial charge is 0.425 e. The van der Waals surface area contributed by atoms with E-state index in [1.807, 2.05) is 12.1 Å². The molecule has 0 fully saturated rings. The molecule has 0 radical (unpaired) electrons. The highest BCUT2D eigenvalue weighted by atomic mass is 32.3. The van der Waals surface area contributed by atoms with E-state index >= 15 is 0 Å².